The van der Waals surface area contributed by atoms with Crippen molar-refractivity contribution in [1.29, 1.82) is 0 Å². The van der Waals surface area contributed by atoms with E-state index in [4.69, 9.17) is 0 Å². The molecule has 2 saturated heterocycles. The number of ketones is 1. The molecule has 0 radical (unpaired) electrons. The molecule has 1 N–H and O–H groups in total. The van der Waals surface area contributed by atoms with Crippen LogP contribution in [0.3, 0.4) is 0 Å². The molecule has 2 rings (SSSR count). The first kappa shape index (κ1) is 10.1. The van der Waals surface area contributed by atoms with Gasteiger partial charge in [0.1, 0.15) is 0 Å². The Balaban J connectivity index is 2.22. The van der Waals surface area contributed by atoms with Gasteiger partial charge in [-0.2, -0.15) is 0 Å². The van der Waals surface area contributed by atoms with Crippen LogP contribution in [0, 0.1) is 0 Å². The number of nitrogens with zero attached hydrogens (tertiary/aromatic N) is 1. The Morgan fingerprint density at radius 2 is 2.29 bits per heavy atom. The van der Waals surface area contributed by atoms with E-state index in [9.17, 15) is 14.2 Å². The van der Waals surface area contributed by atoms with Gasteiger partial charge in [-0.3, -0.25) is 4.79 Å². The number of alkyl halides is 1. The number of carbonyl (C=O) groups excluding carboxylic acids is 1. The van der Waals surface area contributed by atoms with Crippen molar-refractivity contribution in [3.63, 3.8) is 0 Å². The number of halogens is 1. The third kappa shape index (κ3) is 1.48. The summed E-state index contributed by atoms with van der Waals surface area (Å²) in [7, 11) is -0.642. The number of hydrogen-bond donors (Lipinski definition) is 1. The summed E-state index contributed by atoms with van der Waals surface area (Å²) in [5.41, 5.74) is 0. The van der Waals surface area contributed by atoms with Crippen molar-refractivity contribution in [2.75, 3.05) is 0 Å². The van der Waals surface area contributed by atoms with Crippen LogP contribution in [-0.4, -0.2) is 40.9 Å². The van der Waals surface area contributed by atoms with E-state index < -0.39 is 13.2 Å². The zero-order chi connectivity index (χ0) is 10.3. The van der Waals surface area contributed by atoms with Crippen LogP contribution in [0.25, 0.3) is 0 Å². The van der Waals surface area contributed by atoms with Gasteiger partial charge in [-0.25, -0.2) is 4.39 Å². The van der Waals surface area contributed by atoms with Crippen molar-refractivity contribution in [1.82, 2.24) is 4.81 Å². The maximum Gasteiger partial charge on any atom is 0.376 e. The first-order valence-electron chi connectivity index (χ1n) is 5.23. The second-order valence-corrected chi connectivity index (χ2v) is 4.30. The normalized spacial score (nSPS) is 38.5. The summed E-state index contributed by atoms with van der Waals surface area (Å²) < 4.78 is 13.6. The van der Waals surface area contributed by atoms with Gasteiger partial charge in [-0.1, -0.05) is 6.42 Å². The fourth-order valence-corrected chi connectivity index (χ4v) is 2.78. The Morgan fingerprint density at radius 1 is 1.57 bits per heavy atom. The van der Waals surface area contributed by atoms with Crippen LogP contribution in [0.4, 0.5) is 4.39 Å². The molecule has 0 aromatic heterocycles. The van der Waals surface area contributed by atoms with Gasteiger partial charge in [-0.05, 0) is 19.7 Å². The van der Waals surface area contributed by atoms with Gasteiger partial charge in [0.05, 0.1) is 0 Å². The minimum atomic E-state index is -1.39. The fraction of sp³-hybridized carbons (Fsp3) is 0.889. The van der Waals surface area contributed by atoms with Crippen molar-refractivity contribution in [2.45, 2.75) is 50.8 Å². The SMILES string of the molecule is CB(O)N1C2CCC[C@H]1CC(=O)[C@@H]2F. The zero-order valence-electron chi connectivity index (χ0n) is 8.32. The molecule has 5 heteroatoms. The van der Waals surface area contributed by atoms with Gasteiger partial charge in [0.25, 0.3) is 0 Å². The van der Waals surface area contributed by atoms with Gasteiger partial charge < -0.3 is 9.83 Å². The van der Waals surface area contributed by atoms with Crippen molar-refractivity contribution in [3.05, 3.63) is 0 Å². The van der Waals surface area contributed by atoms with Gasteiger partial charge in [0.15, 0.2) is 12.0 Å². The third-order valence-corrected chi connectivity index (χ3v) is 3.36. The molecule has 2 heterocycles. The summed E-state index contributed by atoms with van der Waals surface area (Å²) in [6, 6.07) is -0.316. The summed E-state index contributed by atoms with van der Waals surface area (Å²) in [6.07, 6.45) is 1.43. The highest BCUT2D eigenvalue weighted by molar-refractivity contribution is 6.45. The van der Waals surface area contributed by atoms with Gasteiger partial charge >= 0.3 is 7.05 Å². The molecule has 0 aromatic carbocycles. The molecule has 78 valence electrons. The minimum Gasteiger partial charge on any atom is -0.437 e. The second-order valence-electron chi connectivity index (χ2n) is 4.30. The Morgan fingerprint density at radius 3 is 2.93 bits per heavy atom. The molecule has 0 amide bonds. The predicted octanol–water partition coefficient (Wildman–Crippen LogP) is 0.631. The quantitative estimate of drug-likeness (QED) is 0.629. The van der Waals surface area contributed by atoms with E-state index >= 15 is 0 Å². The van der Waals surface area contributed by atoms with Gasteiger partial charge in [0, 0.05) is 18.5 Å². The molecule has 0 aliphatic carbocycles. The highest BCUT2D eigenvalue weighted by atomic mass is 19.1. The van der Waals surface area contributed by atoms with Gasteiger partial charge in [-0.15, -0.1) is 0 Å². The monoisotopic (exact) mass is 199 g/mol. The number of Topliss-reactive ketones (excluding diaryl/α,β-unsaturated/α-hetero) is 1. The predicted molar refractivity (Wildman–Crippen MR) is 51.6 cm³/mol. The number of carbonyl (C=O) groups is 1. The standard InChI is InChI=1S/C9H15BFNO2/c1-10(14)12-6-3-2-4-7(12)9(11)8(13)5-6/h6-7,9,14H,2-5H2,1H3/t6-,7?,9+/m0/s1. The Kier molecular flexibility index (Phi) is 2.62. The Hall–Kier alpha value is -0.415. The lowest BCUT2D eigenvalue weighted by Crippen LogP contribution is -2.62. The molecule has 2 aliphatic rings. The highest BCUT2D eigenvalue weighted by Gasteiger charge is 2.46. The number of piperidine rings is 2. The molecule has 0 spiro atoms. The maximum absolute atomic E-state index is 13.6. The molecular formula is C9H15BFNO2. The molecule has 2 aliphatic heterocycles. The van der Waals surface area contributed by atoms with Crippen molar-refractivity contribution >= 4 is 12.8 Å². The summed E-state index contributed by atoms with van der Waals surface area (Å²) in [5, 5.41) is 9.53. The van der Waals surface area contributed by atoms with Crippen LogP contribution in [0.1, 0.15) is 25.7 Å². The highest BCUT2D eigenvalue weighted by Crippen LogP contribution is 2.34. The average Bonchev–Trinajstić information content (AvgIpc) is 2.14. The molecule has 1 unspecified atom stereocenters. The molecule has 2 bridgehead atoms. The lowest BCUT2D eigenvalue weighted by molar-refractivity contribution is -0.132. The molecule has 3 nitrogen and oxygen atoms in total. The molecule has 2 fully saturated rings. The average molecular weight is 199 g/mol. The second kappa shape index (κ2) is 3.63. The molecule has 0 aromatic rings. The summed E-state index contributed by atoms with van der Waals surface area (Å²) >= 11 is 0. The third-order valence-electron chi connectivity index (χ3n) is 3.36. The van der Waals surface area contributed by atoms with Crippen molar-refractivity contribution in [3.8, 4) is 0 Å². The zero-order valence-corrected chi connectivity index (χ0v) is 8.32. The number of hydrogen-bond acceptors (Lipinski definition) is 3. The molecule has 0 saturated carbocycles. The maximum atomic E-state index is 13.6. The van der Waals surface area contributed by atoms with Crippen LogP contribution < -0.4 is 0 Å². The largest absolute Gasteiger partial charge is 0.437 e. The lowest BCUT2D eigenvalue weighted by Gasteiger charge is -2.47. The summed E-state index contributed by atoms with van der Waals surface area (Å²) in [5.74, 6) is -0.281. The van der Waals surface area contributed by atoms with E-state index in [-0.39, 0.29) is 24.3 Å². The van der Waals surface area contributed by atoms with Crippen molar-refractivity contribution in [2.24, 2.45) is 0 Å². The van der Waals surface area contributed by atoms with Crippen LogP contribution in [0.15, 0.2) is 0 Å². The van der Waals surface area contributed by atoms with E-state index in [0.29, 0.717) is 6.42 Å². The van der Waals surface area contributed by atoms with E-state index in [1.807, 2.05) is 0 Å². The first-order chi connectivity index (χ1) is 6.61. The number of rotatable bonds is 1. The molecular weight excluding hydrogens is 184 g/mol. The van der Waals surface area contributed by atoms with Crippen LogP contribution in [-0.2, 0) is 4.79 Å². The molecule has 14 heavy (non-hydrogen) atoms. The topological polar surface area (TPSA) is 40.5 Å². The van der Waals surface area contributed by atoms with Gasteiger partial charge in [0.2, 0.25) is 0 Å². The van der Waals surface area contributed by atoms with E-state index in [1.54, 1.807) is 11.6 Å². The first-order valence-corrected chi connectivity index (χ1v) is 5.23. The van der Waals surface area contributed by atoms with Crippen LogP contribution in [0.2, 0.25) is 6.82 Å². The fourth-order valence-electron chi connectivity index (χ4n) is 2.78. The number of fused-ring (bicyclic) bond motifs is 2. The van der Waals surface area contributed by atoms with Crippen molar-refractivity contribution < 1.29 is 14.2 Å². The lowest BCUT2D eigenvalue weighted by atomic mass is 9.71. The Labute approximate surface area is 83.4 Å². The molecule has 3 atom stereocenters. The Bertz CT molecular complexity index is 249. The van der Waals surface area contributed by atoms with Crippen LogP contribution >= 0.6 is 0 Å². The minimum absolute atomic E-state index is 0.0632. The summed E-state index contributed by atoms with van der Waals surface area (Å²) in [4.78, 5) is 13.1. The van der Waals surface area contributed by atoms with Crippen LogP contribution in [0.5, 0.6) is 0 Å². The van der Waals surface area contributed by atoms with E-state index in [2.05, 4.69) is 0 Å². The van der Waals surface area contributed by atoms with E-state index in [0.717, 1.165) is 12.8 Å². The summed E-state index contributed by atoms with van der Waals surface area (Å²) in [6.45, 7) is 1.65. The van der Waals surface area contributed by atoms with E-state index in [1.165, 1.54) is 0 Å². The smallest absolute Gasteiger partial charge is 0.376 e.